The first kappa shape index (κ1) is 12.5. The van der Waals surface area contributed by atoms with Crippen LogP contribution in [0.2, 0.25) is 5.02 Å². The van der Waals surface area contributed by atoms with Gasteiger partial charge in [-0.15, -0.1) is 0 Å². The number of halogens is 1. The highest BCUT2D eigenvalue weighted by Crippen LogP contribution is 2.21. The zero-order valence-corrected chi connectivity index (χ0v) is 10.4. The quantitative estimate of drug-likeness (QED) is 0.900. The van der Waals surface area contributed by atoms with Crippen LogP contribution in [0.1, 0.15) is 5.56 Å². The molecule has 1 heterocycles. The predicted molar refractivity (Wildman–Crippen MR) is 66.6 cm³/mol. The molecule has 2 rings (SSSR count). The van der Waals surface area contributed by atoms with Gasteiger partial charge in [-0.3, -0.25) is 0 Å². The second-order valence-electron chi connectivity index (χ2n) is 3.82. The molecule has 0 saturated carbocycles. The Hall–Kier alpha value is -1.93. The Bertz CT molecular complexity index is 499. The SMILES string of the molecule is N#Cc1ccc(OCCN2CCNC2=O)cc1Cl. The molecule has 0 aromatic heterocycles. The average Bonchev–Trinajstić information content (AvgIpc) is 2.75. The van der Waals surface area contributed by atoms with Crippen LogP contribution in [0.15, 0.2) is 18.2 Å². The van der Waals surface area contributed by atoms with Gasteiger partial charge in [-0.2, -0.15) is 5.26 Å². The number of hydrogen-bond donors (Lipinski definition) is 1. The molecule has 0 aliphatic carbocycles. The van der Waals surface area contributed by atoms with Crippen molar-refractivity contribution in [2.24, 2.45) is 0 Å². The summed E-state index contributed by atoms with van der Waals surface area (Å²) >= 11 is 5.88. The summed E-state index contributed by atoms with van der Waals surface area (Å²) in [5.74, 6) is 0.596. The number of nitriles is 1. The molecule has 1 fully saturated rings. The monoisotopic (exact) mass is 265 g/mol. The number of nitrogens with one attached hydrogen (secondary N) is 1. The first-order valence-electron chi connectivity index (χ1n) is 5.56. The molecule has 2 amide bonds. The molecule has 5 nitrogen and oxygen atoms in total. The normalized spacial score (nSPS) is 14.2. The van der Waals surface area contributed by atoms with Crippen molar-refractivity contribution in [3.05, 3.63) is 28.8 Å². The highest BCUT2D eigenvalue weighted by atomic mass is 35.5. The minimum atomic E-state index is -0.0588. The maximum Gasteiger partial charge on any atom is 0.317 e. The topological polar surface area (TPSA) is 65.4 Å². The van der Waals surface area contributed by atoms with Gasteiger partial charge in [0.2, 0.25) is 0 Å². The molecule has 6 heteroatoms. The van der Waals surface area contributed by atoms with Crippen molar-refractivity contribution in [3.63, 3.8) is 0 Å². The van der Waals surface area contributed by atoms with E-state index in [4.69, 9.17) is 21.6 Å². The number of ether oxygens (including phenoxy) is 1. The largest absolute Gasteiger partial charge is 0.492 e. The van der Waals surface area contributed by atoms with Crippen LogP contribution in [0.4, 0.5) is 4.79 Å². The van der Waals surface area contributed by atoms with Crippen LogP contribution >= 0.6 is 11.6 Å². The Labute approximate surface area is 110 Å². The maximum atomic E-state index is 11.3. The predicted octanol–water partition coefficient (Wildman–Crippen LogP) is 1.62. The first-order valence-corrected chi connectivity index (χ1v) is 5.94. The van der Waals surface area contributed by atoms with E-state index in [0.717, 1.165) is 0 Å². The van der Waals surface area contributed by atoms with E-state index in [-0.39, 0.29) is 6.03 Å². The Kier molecular flexibility index (Phi) is 3.90. The molecule has 0 unspecified atom stereocenters. The van der Waals surface area contributed by atoms with E-state index in [9.17, 15) is 4.79 Å². The van der Waals surface area contributed by atoms with Crippen LogP contribution in [0.3, 0.4) is 0 Å². The number of carbonyl (C=O) groups excluding carboxylic acids is 1. The van der Waals surface area contributed by atoms with E-state index in [1.165, 1.54) is 0 Å². The standard InChI is InChI=1S/C12H12ClN3O2/c13-11-7-10(2-1-9(11)8-14)18-6-5-16-4-3-15-12(16)17/h1-2,7H,3-6H2,(H,15,17). The third-order valence-corrected chi connectivity index (χ3v) is 2.95. The lowest BCUT2D eigenvalue weighted by Gasteiger charge is -2.14. The molecule has 0 radical (unpaired) electrons. The van der Waals surface area contributed by atoms with Gasteiger partial charge in [0.15, 0.2) is 0 Å². The van der Waals surface area contributed by atoms with Crippen LogP contribution in [0.5, 0.6) is 5.75 Å². The lowest BCUT2D eigenvalue weighted by Crippen LogP contribution is -2.31. The summed E-state index contributed by atoms with van der Waals surface area (Å²) in [7, 11) is 0. The zero-order valence-electron chi connectivity index (χ0n) is 9.65. The second-order valence-corrected chi connectivity index (χ2v) is 4.23. The summed E-state index contributed by atoms with van der Waals surface area (Å²) in [5, 5.41) is 11.8. The molecule has 1 N–H and O–H groups in total. The smallest absolute Gasteiger partial charge is 0.317 e. The molecule has 18 heavy (non-hydrogen) atoms. The summed E-state index contributed by atoms with van der Waals surface area (Å²) < 4.78 is 5.48. The highest BCUT2D eigenvalue weighted by molar-refractivity contribution is 6.31. The molecule has 1 aliphatic heterocycles. The van der Waals surface area contributed by atoms with E-state index in [1.807, 2.05) is 6.07 Å². The Morgan fingerprint density at radius 2 is 2.39 bits per heavy atom. The molecule has 1 aromatic carbocycles. The first-order chi connectivity index (χ1) is 8.70. The molecular weight excluding hydrogens is 254 g/mol. The van der Waals surface area contributed by atoms with Gasteiger partial charge in [-0.1, -0.05) is 11.6 Å². The van der Waals surface area contributed by atoms with Crippen molar-refractivity contribution >= 4 is 17.6 Å². The lowest BCUT2D eigenvalue weighted by molar-refractivity contribution is 0.202. The number of urea groups is 1. The molecule has 0 bridgehead atoms. The van der Waals surface area contributed by atoms with Crippen LogP contribution < -0.4 is 10.1 Å². The van der Waals surface area contributed by atoms with Crippen molar-refractivity contribution in [1.82, 2.24) is 10.2 Å². The van der Waals surface area contributed by atoms with Gasteiger partial charge in [-0.05, 0) is 12.1 Å². The van der Waals surface area contributed by atoms with E-state index in [1.54, 1.807) is 23.1 Å². The summed E-state index contributed by atoms with van der Waals surface area (Å²) in [5.41, 5.74) is 0.419. The van der Waals surface area contributed by atoms with Gasteiger partial charge in [-0.25, -0.2) is 4.79 Å². The number of amides is 2. The number of nitrogens with zero attached hydrogens (tertiary/aromatic N) is 2. The van der Waals surface area contributed by atoms with Gasteiger partial charge in [0.05, 0.1) is 17.1 Å². The second kappa shape index (κ2) is 5.61. The van der Waals surface area contributed by atoms with E-state index >= 15 is 0 Å². The van der Waals surface area contributed by atoms with Crippen molar-refractivity contribution in [2.45, 2.75) is 0 Å². The maximum absolute atomic E-state index is 11.3. The van der Waals surface area contributed by atoms with Crippen LogP contribution in [-0.2, 0) is 0 Å². The Balaban J connectivity index is 1.85. The van der Waals surface area contributed by atoms with Crippen molar-refractivity contribution in [3.8, 4) is 11.8 Å². The highest BCUT2D eigenvalue weighted by Gasteiger charge is 2.18. The number of rotatable bonds is 4. The van der Waals surface area contributed by atoms with Gasteiger partial charge in [0, 0.05) is 19.2 Å². The zero-order chi connectivity index (χ0) is 13.0. The van der Waals surface area contributed by atoms with Gasteiger partial charge in [0.25, 0.3) is 0 Å². The third-order valence-electron chi connectivity index (χ3n) is 2.64. The molecule has 1 aliphatic rings. The molecule has 1 aromatic rings. The molecular formula is C12H12ClN3O2. The van der Waals surface area contributed by atoms with Crippen molar-refractivity contribution in [1.29, 1.82) is 5.26 Å². The Morgan fingerprint density at radius 1 is 1.56 bits per heavy atom. The molecule has 94 valence electrons. The number of benzene rings is 1. The van der Waals surface area contributed by atoms with Crippen molar-refractivity contribution in [2.75, 3.05) is 26.2 Å². The van der Waals surface area contributed by atoms with Crippen LogP contribution in [0, 0.1) is 11.3 Å². The van der Waals surface area contributed by atoms with E-state index in [2.05, 4.69) is 5.32 Å². The molecule has 0 atom stereocenters. The molecule has 0 spiro atoms. The van der Waals surface area contributed by atoms with Gasteiger partial charge >= 0.3 is 6.03 Å². The minimum absolute atomic E-state index is 0.0588. The summed E-state index contributed by atoms with van der Waals surface area (Å²) in [4.78, 5) is 12.9. The lowest BCUT2D eigenvalue weighted by atomic mass is 10.2. The van der Waals surface area contributed by atoms with E-state index in [0.29, 0.717) is 42.6 Å². The summed E-state index contributed by atoms with van der Waals surface area (Å²) in [6, 6.07) is 6.82. The van der Waals surface area contributed by atoms with Crippen LogP contribution in [-0.4, -0.2) is 37.2 Å². The number of hydrogen-bond acceptors (Lipinski definition) is 3. The summed E-state index contributed by atoms with van der Waals surface area (Å²) in [6.07, 6.45) is 0. The van der Waals surface area contributed by atoms with E-state index < -0.39 is 0 Å². The number of carbonyl (C=O) groups is 1. The average molecular weight is 266 g/mol. The van der Waals surface area contributed by atoms with Gasteiger partial charge in [0.1, 0.15) is 18.4 Å². The summed E-state index contributed by atoms with van der Waals surface area (Å²) in [6.45, 7) is 2.32. The van der Waals surface area contributed by atoms with Crippen molar-refractivity contribution < 1.29 is 9.53 Å². The fraction of sp³-hybridized carbons (Fsp3) is 0.333. The Morgan fingerprint density at radius 3 is 3.00 bits per heavy atom. The fourth-order valence-corrected chi connectivity index (χ4v) is 1.89. The fourth-order valence-electron chi connectivity index (χ4n) is 1.67. The minimum Gasteiger partial charge on any atom is -0.492 e. The van der Waals surface area contributed by atoms with Crippen LogP contribution in [0.25, 0.3) is 0 Å². The third kappa shape index (κ3) is 2.84. The molecule has 1 saturated heterocycles. The van der Waals surface area contributed by atoms with Gasteiger partial charge < -0.3 is 15.0 Å².